The van der Waals surface area contributed by atoms with Crippen LogP contribution in [0.3, 0.4) is 0 Å². The third-order valence-electron chi connectivity index (χ3n) is 0.904. The smallest absolute Gasteiger partial charge is 0.207 e. The van der Waals surface area contributed by atoms with Gasteiger partial charge in [-0.3, -0.25) is 0 Å². The minimum Gasteiger partial charge on any atom is -0.207 e. The fourth-order valence-corrected chi connectivity index (χ4v) is 1.85. The minimum atomic E-state index is -3.80. The van der Waals surface area contributed by atoms with E-state index in [1.165, 1.54) is 12.3 Å². The lowest BCUT2D eigenvalue weighted by atomic mass is 10.6. The monoisotopic (exact) mass is 212 g/mol. The highest BCUT2D eigenvalue weighted by molar-refractivity contribution is 8.13. The summed E-state index contributed by atoms with van der Waals surface area (Å²) >= 11 is 5.37. The summed E-state index contributed by atoms with van der Waals surface area (Å²) in [6.07, 6.45) is 1.20. The largest absolute Gasteiger partial charge is 0.264 e. The molecule has 0 atom stereocenters. The Hall–Kier alpha value is -0.390. The van der Waals surface area contributed by atoms with Gasteiger partial charge in [-0.1, -0.05) is 11.6 Å². The van der Waals surface area contributed by atoms with E-state index in [0.29, 0.717) is 0 Å². The van der Waals surface area contributed by atoms with Gasteiger partial charge in [0.2, 0.25) is 0 Å². The van der Waals surface area contributed by atoms with Gasteiger partial charge in [0.05, 0.1) is 6.20 Å². The van der Waals surface area contributed by atoms with Gasteiger partial charge in [-0.05, 0) is 6.07 Å². The normalized spacial score (nSPS) is 11.5. The molecule has 0 aliphatic heterocycles. The molecule has 7 heteroatoms. The summed E-state index contributed by atoms with van der Waals surface area (Å²) < 4.78 is 21.3. The van der Waals surface area contributed by atoms with Gasteiger partial charge in [-0.15, -0.1) is 5.10 Å². The van der Waals surface area contributed by atoms with Crippen molar-refractivity contribution in [1.82, 2.24) is 10.2 Å². The molecule has 0 saturated carbocycles. The Morgan fingerprint density at radius 2 is 2.09 bits per heavy atom. The first-order valence-corrected chi connectivity index (χ1v) is 5.12. The van der Waals surface area contributed by atoms with E-state index in [9.17, 15) is 8.42 Å². The molecule has 0 amide bonds. The van der Waals surface area contributed by atoms with Gasteiger partial charge in [0, 0.05) is 10.7 Å². The van der Waals surface area contributed by atoms with Gasteiger partial charge in [-0.2, -0.15) is 5.10 Å². The van der Waals surface area contributed by atoms with Gasteiger partial charge in [0.15, 0.2) is 5.15 Å². The molecular formula is C4H2Cl2N2O2S. The minimum absolute atomic E-state index is 0.220. The maximum absolute atomic E-state index is 10.7. The Kier molecular flexibility index (Phi) is 2.31. The first kappa shape index (κ1) is 8.70. The predicted molar refractivity (Wildman–Crippen MR) is 40.1 cm³/mol. The molecule has 1 aromatic heterocycles. The number of hydrogen-bond donors (Lipinski definition) is 0. The van der Waals surface area contributed by atoms with Gasteiger partial charge in [-0.25, -0.2) is 8.42 Å². The molecule has 1 aromatic rings. The molecular weight excluding hydrogens is 211 g/mol. The Bertz CT molecular complexity index is 364. The first-order chi connectivity index (χ1) is 5.02. The van der Waals surface area contributed by atoms with Crippen LogP contribution in [0.4, 0.5) is 0 Å². The molecule has 0 radical (unpaired) electrons. The first-order valence-electron chi connectivity index (χ1n) is 2.43. The van der Waals surface area contributed by atoms with Crippen LogP contribution in [0, 0.1) is 0 Å². The van der Waals surface area contributed by atoms with Crippen molar-refractivity contribution in [2.45, 2.75) is 4.90 Å². The van der Waals surface area contributed by atoms with Crippen LogP contribution < -0.4 is 0 Å². The standard InChI is InChI=1S/C4H2Cl2N2O2S/c5-4-3(11(6,9)10)1-2-7-8-4/h1-2H. The van der Waals surface area contributed by atoms with E-state index >= 15 is 0 Å². The number of halogens is 2. The van der Waals surface area contributed by atoms with Crippen molar-refractivity contribution in [2.24, 2.45) is 0 Å². The molecule has 11 heavy (non-hydrogen) atoms. The van der Waals surface area contributed by atoms with Gasteiger partial charge >= 0.3 is 0 Å². The Morgan fingerprint density at radius 1 is 1.45 bits per heavy atom. The second-order valence-corrected chi connectivity index (χ2v) is 4.52. The maximum atomic E-state index is 10.7. The van der Waals surface area contributed by atoms with E-state index in [4.69, 9.17) is 22.3 Å². The van der Waals surface area contributed by atoms with Crippen LogP contribution >= 0.6 is 22.3 Å². The molecule has 0 unspecified atom stereocenters. The fourth-order valence-electron chi connectivity index (χ4n) is 0.485. The zero-order valence-corrected chi connectivity index (χ0v) is 7.36. The van der Waals surface area contributed by atoms with Crippen molar-refractivity contribution in [3.8, 4) is 0 Å². The Balaban J connectivity index is 3.37. The van der Waals surface area contributed by atoms with Crippen LogP contribution in [0.5, 0.6) is 0 Å². The lowest BCUT2D eigenvalue weighted by Gasteiger charge is -1.94. The molecule has 0 aliphatic carbocycles. The summed E-state index contributed by atoms with van der Waals surface area (Å²) in [5.74, 6) is 0. The average Bonchev–Trinajstić information content (AvgIpc) is 1.86. The van der Waals surface area contributed by atoms with Gasteiger partial charge in [0.25, 0.3) is 9.05 Å². The lowest BCUT2D eigenvalue weighted by Crippen LogP contribution is -1.94. The fraction of sp³-hybridized carbons (Fsp3) is 0. The summed E-state index contributed by atoms with van der Waals surface area (Å²) in [4.78, 5) is -0.226. The third-order valence-corrected chi connectivity index (χ3v) is 2.65. The van der Waals surface area contributed by atoms with E-state index in [1.54, 1.807) is 0 Å². The van der Waals surface area contributed by atoms with E-state index in [-0.39, 0.29) is 10.0 Å². The molecule has 0 N–H and O–H groups in total. The molecule has 0 saturated heterocycles. The van der Waals surface area contributed by atoms with Crippen LogP contribution in [0.15, 0.2) is 17.2 Å². The predicted octanol–water partition coefficient (Wildman–Crippen LogP) is 1.06. The summed E-state index contributed by atoms with van der Waals surface area (Å²) in [5, 5.41) is 6.43. The summed E-state index contributed by atoms with van der Waals surface area (Å²) in [7, 11) is 1.19. The van der Waals surface area contributed by atoms with Crippen LogP contribution in [-0.2, 0) is 9.05 Å². The summed E-state index contributed by atoms with van der Waals surface area (Å²) in [5.41, 5.74) is 0. The van der Waals surface area contributed by atoms with Crippen LogP contribution in [0.2, 0.25) is 5.15 Å². The highest BCUT2D eigenvalue weighted by Crippen LogP contribution is 2.20. The molecule has 0 aromatic carbocycles. The molecule has 0 spiro atoms. The Morgan fingerprint density at radius 3 is 2.45 bits per heavy atom. The van der Waals surface area contributed by atoms with Crippen molar-refractivity contribution in [1.29, 1.82) is 0 Å². The van der Waals surface area contributed by atoms with Gasteiger partial charge < -0.3 is 0 Å². The van der Waals surface area contributed by atoms with Crippen LogP contribution in [0.1, 0.15) is 0 Å². The van der Waals surface area contributed by atoms with Crippen LogP contribution in [-0.4, -0.2) is 18.6 Å². The molecule has 4 nitrogen and oxygen atoms in total. The lowest BCUT2D eigenvalue weighted by molar-refractivity contribution is 0.609. The molecule has 1 rings (SSSR count). The van der Waals surface area contributed by atoms with E-state index in [2.05, 4.69) is 10.2 Å². The molecule has 0 aliphatic rings. The zero-order chi connectivity index (χ0) is 8.48. The van der Waals surface area contributed by atoms with Gasteiger partial charge in [0.1, 0.15) is 4.90 Å². The number of nitrogens with zero attached hydrogens (tertiary/aromatic N) is 2. The second kappa shape index (κ2) is 2.92. The number of aromatic nitrogens is 2. The quantitative estimate of drug-likeness (QED) is 0.654. The van der Waals surface area contributed by atoms with E-state index in [0.717, 1.165) is 0 Å². The van der Waals surface area contributed by atoms with E-state index < -0.39 is 9.05 Å². The SMILES string of the molecule is O=S(=O)(Cl)c1ccnnc1Cl. The third kappa shape index (κ3) is 2.02. The molecule has 0 fully saturated rings. The molecule has 1 heterocycles. The van der Waals surface area contributed by atoms with Crippen molar-refractivity contribution in [3.05, 3.63) is 17.4 Å². The second-order valence-electron chi connectivity index (χ2n) is 1.62. The highest BCUT2D eigenvalue weighted by atomic mass is 35.7. The van der Waals surface area contributed by atoms with E-state index in [1.807, 2.05) is 0 Å². The summed E-state index contributed by atoms with van der Waals surface area (Å²) in [6.45, 7) is 0. The topological polar surface area (TPSA) is 59.9 Å². The Labute approximate surface area is 72.6 Å². The van der Waals surface area contributed by atoms with Crippen molar-refractivity contribution in [2.75, 3.05) is 0 Å². The maximum Gasteiger partial charge on any atom is 0.264 e. The number of hydrogen-bond acceptors (Lipinski definition) is 4. The highest BCUT2D eigenvalue weighted by Gasteiger charge is 2.14. The molecule has 60 valence electrons. The number of rotatable bonds is 1. The molecule has 0 bridgehead atoms. The average molecular weight is 213 g/mol. The van der Waals surface area contributed by atoms with Crippen molar-refractivity contribution < 1.29 is 8.42 Å². The van der Waals surface area contributed by atoms with Crippen molar-refractivity contribution in [3.63, 3.8) is 0 Å². The zero-order valence-electron chi connectivity index (χ0n) is 5.03. The van der Waals surface area contributed by atoms with Crippen LogP contribution in [0.25, 0.3) is 0 Å². The van der Waals surface area contributed by atoms with Crippen molar-refractivity contribution >= 4 is 31.3 Å². The summed E-state index contributed by atoms with van der Waals surface area (Å²) in [6, 6.07) is 1.18.